The van der Waals surface area contributed by atoms with Crippen LogP contribution in [-0.4, -0.2) is 48.8 Å². The molecule has 0 saturated carbocycles. The normalized spacial score (nSPS) is 9.90. The molecule has 1 rings (SSSR count). The summed E-state index contributed by atoms with van der Waals surface area (Å²) >= 11 is 0. The van der Waals surface area contributed by atoms with Gasteiger partial charge >= 0.3 is 0 Å². The van der Waals surface area contributed by atoms with Crippen LogP contribution in [0.1, 0.15) is 35.3 Å². The zero-order chi connectivity index (χ0) is 15.7. The minimum absolute atomic E-state index is 0.0526. The number of aliphatic hydroxyl groups is 1. The Morgan fingerprint density at radius 3 is 2.76 bits per heavy atom. The Kier molecular flexibility index (Phi) is 7.52. The largest absolute Gasteiger partial charge is 0.384 e. The zero-order valence-electron chi connectivity index (χ0n) is 13.0. The summed E-state index contributed by atoms with van der Waals surface area (Å²) in [6.07, 6.45) is 0. The van der Waals surface area contributed by atoms with E-state index >= 15 is 0 Å². The van der Waals surface area contributed by atoms with Crippen LogP contribution in [0.4, 0.5) is 0 Å². The molecule has 114 valence electrons. The fourth-order valence-electron chi connectivity index (χ4n) is 1.97. The molecular formula is C17H23NO3. The number of hydrogen-bond donors (Lipinski definition) is 1. The molecule has 4 nitrogen and oxygen atoms in total. The number of carbonyl (C=O) groups excluding carboxylic acids is 1. The van der Waals surface area contributed by atoms with Crippen LogP contribution < -0.4 is 0 Å². The summed E-state index contributed by atoms with van der Waals surface area (Å²) in [5.74, 6) is 5.38. The van der Waals surface area contributed by atoms with Gasteiger partial charge < -0.3 is 14.7 Å². The average Bonchev–Trinajstić information content (AvgIpc) is 2.50. The lowest BCUT2D eigenvalue weighted by atomic mass is 10.0. The van der Waals surface area contributed by atoms with Crippen molar-refractivity contribution >= 4 is 5.91 Å². The van der Waals surface area contributed by atoms with Gasteiger partial charge in [0.1, 0.15) is 6.61 Å². The zero-order valence-corrected chi connectivity index (χ0v) is 13.0. The summed E-state index contributed by atoms with van der Waals surface area (Å²) in [7, 11) is 0. The highest BCUT2D eigenvalue weighted by molar-refractivity contribution is 5.97. The van der Waals surface area contributed by atoms with E-state index in [2.05, 4.69) is 11.8 Å². The van der Waals surface area contributed by atoms with E-state index in [-0.39, 0.29) is 12.5 Å². The molecular weight excluding hydrogens is 266 g/mol. The monoisotopic (exact) mass is 289 g/mol. The van der Waals surface area contributed by atoms with E-state index in [1.54, 1.807) is 4.90 Å². The molecule has 0 radical (unpaired) electrons. The third-order valence-electron chi connectivity index (χ3n) is 3.09. The van der Waals surface area contributed by atoms with Crippen molar-refractivity contribution in [1.29, 1.82) is 0 Å². The molecule has 0 fully saturated rings. The van der Waals surface area contributed by atoms with Crippen LogP contribution in [-0.2, 0) is 4.74 Å². The Morgan fingerprint density at radius 1 is 1.38 bits per heavy atom. The molecule has 0 aliphatic rings. The first-order valence-corrected chi connectivity index (χ1v) is 7.21. The van der Waals surface area contributed by atoms with Gasteiger partial charge in [-0.15, -0.1) is 0 Å². The van der Waals surface area contributed by atoms with Gasteiger partial charge in [-0.05, 0) is 32.9 Å². The third kappa shape index (κ3) is 5.22. The van der Waals surface area contributed by atoms with Gasteiger partial charge in [-0.3, -0.25) is 4.79 Å². The molecule has 0 aliphatic heterocycles. The van der Waals surface area contributed by atoms with E-state index in [4.69, 9.17) is 9.84 Å². The summed E-state index contributed by atoms with van der Waals surface area (Å²) in [4.78, 5) is 14.4. The van der Waals surface area contributed by atoms with Crippen molar-refractivity contribution in [3.05, 3.63) is 34.9 Å². The fourth-order valence-corrected chi connectivity index (χ4v) is 1.97. The molecule has 1 amide bonds. The molecule has 0 unspecified atom stereocenters. The first kappa shape index (κ1) is 17.2. The number of rotatable bonds is 6. The molecule has 1 aromatic rings. The number of carbonyl (C=O) groups is 1. The lowest BCUT2D eigenvalue weighted by Gasteiger charge is -2.21. The Balaban J connectivity index is 3.00. The molecule has 0 aliphatic carbocycles. The van der Waals surface area contributed by atoms with Crippen molar-refractivity contribution in [2.24, 2.45) is 0 Å². The molecule has 0 aromatic heterocycles. The van der Waals surface area contributed by atoms with Crippen molar-refractivity contribution in [3.8, 4) is 11.8 Å². The lowest BCUT2D eigenvalue weighted by molar-refractivity contribution is 0.0669. The SMILES string of the molecule is CCOCCN(CC)C(=O)c1cc(C)ccc1C#CCO. The van der Waals surface area contributed by atoms with Crippen molar-refractivity contribution < 1.29 is 14.6 Å². The fraction of sp³-hybridized carbons (Fsp3) is 0.471. The third-order valence-corrected chi connectivity index (χ3v) is 3.09. The summed E-state index contributed by atoms with van der Waals surface area (Å²) in [5, 5.41) is 8.82. The standard InChI is InChI=1S/C17H23NO3/c1-4-18(10-12-21-5-2)17(20)16-13-14(3)8-9-15(16)7-6-11-19/h8-9,13,19H,4-5,10-12H2,1-3H3. The Morgan fingerprint density at radius 2 is 2.14 bits per heavy atom. The number of nitrogens with zero attached hydrogens (tertiary/aromatic N) is 1. The molecule has 4 heteroatoms. The highest BCUT2D eigenvalue weighted by Gasteiger charge is 2.17. The number of likely N-dealkylation sites (N-methyl/N-ethyl adjacent to an activating group) is 1. The van der Waals surface area contributed by atoms with Gasteiger partial charge in [-0.2, -0.15) is 0 Å². The van der Waals surface area contributed by atoms with Crippen LogP contribution in [0, 0.1) is 18.8 Å². The molecule has 0 heterocycles. The summed E-state index contributed by atoms with van der Waals surface area (Å²) < 4.78 is 5.32. The van der Waals surface area contributed by atoms with Crippen molar-refractivity contribution in [1.82, 2.24) is 4.90 Å². The van der Waals surface area contributed by atoms with E-state index < -0.39 is 0 Å². The molecule has 1 N–H and O–H groups in total. The second-order valence-electron chi connectivity index (χ2n) is 4.59. The first-order valence-electron chi connectivity index (χ1n) is 7.21. The lowest BCUT2D eigenvalue weighted by Crippen LogP contribution is -2.34. The molecule has 0 saturated heterocycles. The molecule has 0 bridgehead atoms. The van der Waals surface area contributed by atoms with Crippen LogP contribution in [0.3, 0.4) is 0 Å². The van der Waals surface area contributed by atoms with Crippen LogP contribution in [0.2, 0.25) is 0 Å². The topological polar surface area (TPSA) is 49.8 Å². The Hall–Kier alpha value is -1.83. The number of aliphatic hydroxyl groups excluding tert-OH is 1. The van der Waals surface area contributed by atoms with Gasteiger partial charge in [-0.25, -0.2) is 0 Å². The highest BCUT2D eigenvalue weighted by atomic mass is 16.5. The van der Waals surface area contributed by atoms with Crippen LogP contribution in [0.15, 0.2) is 18.2 Å². The predicted octanol–water partition coefficient (Wildman–Crippen LogP) is 1.84. The van der Waals surface area contributed by atoms with Gasteiger partial charge in [0.25, 0.3) is 5.91 Å². The van der Waals surface area contributed by atoms with Crippen LogP contribution in [0.25, 0.3) is 0 Å². The highest BCUT2D eigenvalue weighted by Crippen LogP contribution is 2.14. The Labute approximate surface area is 126 Å². The quantitative estimate of drug-likeness (QED) is 0.642. The maximum atomic E-state index is 12.6. The second kappa shape index (κ2) is 9.17. The van der Waals surface area contributed by atoms with Gasteiger partial charge in [0, 0.05) is 25.3 Å². The number of ether oxygens (including phenoxy) is 1. The van der Waals surface area contributed by atoms with Crippen LogP contribution in [0.5, 0.6) is 0 Å². The van der Waals surface area contributed by atoms with Crippen molar-refractivity contribution in [2.45, 2.75) is 20.8 Å². The molecule has 21 heavy (non-hydrogen) atoms. The van der Waals surface area contributed by atoms with Crippen LogP contribution >= 0.6 is 0 Å². The Bertz CT molecular complexity index is 529. The van der Waals surface area contributed by atoms with Crippen molar-refractivity contribution in [3.63, 3.8) is 0 Å². The van der Waals surface area contributed by atoms with Gasteiger partial charge in [-0.1, -0.05) is 23.5 Å². The minimum Gasteiger partial charge on any atom is -0.384 e. The van der Waals surface area contributed by atoms with E-state index in [0.717, 1.165) is 5.56 Å². The molecule has 0 atom stereocenters. The summed E-state index contributed by atoms with van der Waals surface area (Å²) in [6.45, 7) is 7.94. The van der Waals surface area contributed by atoms with Crippen molar-refractivity contribution in [2.75, 3.05) is 32.9 Å². The summed E-state index contributed by atoms with van der Waals surface area (Å²) in [5.41, 5.74) is 2.23. The smallest absolute Gasteiger partial charge is 0.255 e. The van der Waals surface area contributed by atoms with E-state index in [9.17, 15) is 4.79 Å². The summed E-state index contributed by atoms with van der Waals surface area (Å²) in [6, 6.07) is 5.57. The number of hydrogen-bond acceptors (Lipinski definition) is 3. The average molecular weight is 289 g/mol. The molecule has 1 aromatic carbocycles. The predicted molar refractivity (Wildman–Crippen MR) is 83.2 cm³/mol. The maximum Gasteiger partial charge on any atom is 0.255 e. The van der Waals surface area contributed by atoms with E-state index in [1.807, 2.05) is 39.0 Å². The number of aryl methyl sites for hydroxylation is 1. The van der Waals surface area contributed by atoms with Gasteiger partial charge in [0.2, 0.25) is 0 Å². The number of benzene rings is 1. The molecule has 0 spiro atoms. The minimum atomic E-state index is -0.219. The second-order valence-corrected chi connectivity index (χ2v) is 4.59. The van der Waals surface area contributed by atoms with E-state index in [0.29, 0.717) is 37.4 Å². The maximum absolute atomic E-state index is 12.6. The van der Waals surface area contributed by atoms with E-state index in [1.165, 1.54) is 0 Å². The number of amides is 1. The van der Waals surface area contributed by atoms with Gasteiger partial charge in [0.05, 0.1) is 12.2 Å². The van der Waals surface area contributed by atoms with Gasteiger partial charge in [0.15, 0.2) is 0 Å². The first-order chi connectivity index (χ1) is 10.1.